The van der Waals surface area contributed by atoms with Crippen molar-refractivity contribution in [3.05, 3.63) is 21.8 Å². The van der Waals surface area contributed by atoms with Gasteiger partial charge < -0.3 is 4.90 Å². The summed E-state index contributed by atoms with van der Waals surface area (Å²) in [4.78, 5) is 8.73. The van der Waals surface area contributed by atoms with Crippen molar-refractivity contribution in [3.63, 3.8) is 0 Å². The molecule has 1 saturated heterocycles. The van der Waals surface area contributed by atoms with Gasteiger partial charge in [-0.3, -0.25) is 4.90 Å². The third kappa shape index (κ3) is 3.19. The maximum absolute atomic E-state index is 9.16. The van der Waals surface area contributed by atoms with Crippen LogP contribution in [0.15, 0.2) is 16.7 Å². The van der Waals surface area contributed by atoms with Gasteiger partial charge in [0, 0.05) is 36.8 Å². The highest BCUT2D eigenvalue weighted by Gasteiger charge is 2.30. The summed E-state index contributed by atoms with van der Waals surface area (Å²) in [6.07, 6.45) is 1.76. The fourth-order valence-electron chi connectivity index (χ4n) is 2.19. The van der Waals surface area contributed by atoms with E-state index in [-0.39, 0.29) is 0 Å². The lowest BCUT2D eigenvalue weighted by molar-refractivity contribution is 0.158. The lowest BCUT2D eigenvalue weighted by atomic mass is 10.0. The third-order valence-corrected chi connectivity index (χ3v) is 4.14. The van der Waals surface area contributed by atoms with Gasteiger partial charge in [-0.15, -0.1) is 0 Å². The SMILES string of the molecule is CC(C)(C#N)N1CCN(c2ncc(Br)cc2Cl)CC1. The zero-order valence-electron chi connectivity index (χ0n) is 11.0. The molecule has 1 aromatic heterocycles. The van der Waals surface area contributed by atoms with Gasteiger partial charge in [0.1, 0.15) is 11.4 Å². The van der Waals surface area contributed by atoms with Crippen LogP contribution >= 0.6 is 27.5 Å². The maximum Gasteiger partial charge on any atom is 0.147 e. The summed E-state index contributed by atoms with van der Waals surface area (Å²) in [6, 6.07) is 4.20. The summed E-state index contributed by atoms with van der Waals surface area (Å²) < 4.78 is 0.880. The van der Waals surface area contributed by atoms with Crippen molar-refractivity contribution >= 4 is 33.3 Å². The Kier molecular flexibility index (Phi) is 4.34. The predicted molar refractivity (Wildman–Crippen MR) is 80.4 cm³/mol. The van der Waals surface area contributed by atoms with E-state index in [1.807, 2.05) is 19.9 Å². The fourth-order valence-corrected chi connectivity index (χ4v) is 2.94. The van der Waals surface area contributed by atoms with Crippen LogP contribution in [0.25, 0.3) is 0 Å². The molecule has 0 saturated carbocycles. The summed E-state index contributed by atoms with van der Waals surface area (Å²) in [7, 11) is 0. The standard InChI is InChI=1S/C13H16BrClN4/c1-13(2,9-16)19-5-3-18(4-6-19)12-11(15)7-10(14)8-17-12/h7-8H,3-6H2,1-2H3. The van der Waals surface area contributed by atoms with Gasteiger partial charge in [0.15, 0.2) is 0 Å². The van der Waals surface area contributed by atoms with Crippen LogP contribution in [0.1, 0.15) is 13.8 Å². The van der Waals surface area contributed by atoms with E-state index in [9.17, 15) is 0 Å². The molecule has 1 fully saturated rings. The van der Waals surface area contributed by atoms with Gasteiger partial charge in [-0.1, -0.05) is 11.6 Å². The molecule has 0 aromatic carbocycles. The molecule has 0 aliphatic carbocycles. The van der Waals surface area contributed by atoms with E-state index in [0.29, 0.717) is 5.02 Å². The number of hydrogen-bond donors (Lipinski definition) is 0. The monoisotopic (exact) mass is 342 g/mol. The number of anilines is 1. The molecular weight excluding hydrogens is 328 g/mol. The second kappa shape index (κ2) is 5.66. The Morgan fingerprint density at radius 1 is 1.37 bits per heavy atom. The number of halogens is 2. The molecule has 6 heteroatoms. The zero-order valence-corrected chi connectivity index (χ0v) is 13.4. The average Bonchev–Trinajstić information content (AvgIpc) is 2.39. The van der Waals surface area contributed by atoms with Crippen molar-refractivity contribution in [2.24, 2.45) is 0 Å². The first-order chi connectivity index (χ1) is 8.94. The highest BCUT2D eigenvalue weighted by molar-refractivity contribution is 9.10. The quantitative estimate of drug-likeness (QED) is 0.828. The first kappa shape index (κ1) is 14.6. The Morgan fingerprint density at radius 2 is 2.00 bits per heavy atom. The van der Waals surface area contributed by atoms with Crippen molar-refractivity contribution < 1.29 is 0 Å². The molecule has 4 nitrogen and oxygen atoms in total. The van der Waals surface area contributed by atoms with Crippen LogP contribution in [0.3, 0.4) is 0 Å². The summed E-state index contributed by atoms with van der Waals surface area (Å²) in [5.74, 6) is 0.819. The first-order valence-corrected chi connectivity index (χ1v) is 7.33. The van der Waals surface area contributed by atoms with Crippen LogP contribution in [0, 0.1) is 11.3 Å². The highest BCUT2D eigenvalue weighted by atomic mass is 79.9. The Morgan fingerprint density at radius 3 is 2.53 bits per heavy atom. The molecule has 2 heterocycles. The molecule has 1 aliphatic heterocycles. The van der Waals surface area contributed by atoms with Crippen LogP contribution in [0.2, 0.25) is 5.02 Å². The topological polar surface area (TPSA) is 43.2 Å². The predicted octanol–water partition coefficient (Wildman–Crippen LogP) is 2.92. The average molecular weight is 344 g/mol. The van der Waals surface area contributed by atoms with Crippen LogP contribution in [-0.4, -0.2) is 41.6 Å². The van der Waals surface area contributed by atoms with E-state index in [2.05, 4.69) is 36.8 Å². The molecule has 0 spiro atoms. The van der Waals surface area contributed by atoms with Crippen LogP contribution < -0.4 is 4.90 Å². The summed E-state index contributed by atoms with van der Waals surface area (Å²) >= 11 is 9.57. The van der Waals surface area contributed by atoms with Crippen molar-refractivity contribution in [2.75, 3.05) is 31.1 Å². The van der Waals surface area contributed by atoms with Crippen molar-refractivity contribution in [1.29, 1.82) is 5.26 Å². The van der Waals surface area contributed by atoms with Gasteiger partial charge in [-0.2, -0.15) is 5.26 Å². The Bertz CT molecular complexity index is 504. The molecule has 1 aromatic rings. The third-order valence-electron chi connectivity index (χ3n) is 3.43. The number of nitrogens with zero attached hydrogens (tertiary/aromatic N) is 4. The minimum Gasteiger partial charge on any atom is -0.353 e. The molecule has 1 aliphatic rings. The Labute approximate surface area is 127 Å². The molecule has 102 valence electrons. The van der Waals surface area contributed by atoms with E-state index >= 15 is 0 Å². The molecule has 0 bridgehead atoms. The summed E-state index contributed by atoms with van der Waals surface area (Å²) in [5, 5.41) is 9.81. The number of aromatic nitrogens is 1. The molecule has 0 atom stereocenters. The molecule has 0 radical (unpaired) electrons. The van der Waals surface area contributed by atoms with Gasteiger partial charge in [0.05, 0.1) is 11.1 Å². The van der Waals surface area contributed by atoms with E-state index in [1.165, 1.54) is 0 Å². The highest BCUT2D eigenvalue weighted by Crippen LogP contribution is 2.27. The second-order valence-electron chi connectivity index (χ2n) is 5.10. The number of piperazine rings is 1. The van der Waals surface area contributed by atoms with Crippen LogP contribution in [0.5, 0.6) is 0 Å². The van der Waals surface area contributed by atoms with Crippen molar-refractivity contribution in [3.8, 4) is 6.07 Å². The maximum atomic E-state index is 9.16. The number of hydrogen-bond acceptors (Lipinski definition) is 4. The molecule has 19 heavy (non-hydrogen) atoms. The first-order valence-electron chi connectivity index (χ1n) is 6.16. The van der Waals surface area contributed by atoms with Gasteiger partial charge in [0.25, 0.3) is 0 Å². The summed E-state index contributed by atoms with van der Waals surface area (Å²) in [5.41, 5.74) is -0.414. The molecular formula is C13H16BrClN4. The van der Waals surface area contributed by atoms with Crippen molar-refractivity contribution in [1.82, 2.24) is 9.88 Å². The van der Waals surface area contributed by atoms with Crippen LogP contribution in [-0.2, 0) is 0 Å². The Balaban J connectivity index is 2.06. The second-order valence-corrected chi connectivity index (χ2v) is 6.43. The van der Waals surface area contributed by atoms with Gasteiger partial charge in [-0.05, 0) is 35.8 Å². The van der Waals surface area contributed by atoms with E-state index in [0.717, 1.165) is 36.5 Å². The fraction of sp³-hybridized carbons (Fsp3) is 0.538. The number of nitriles is 1. The Hall–Kier alpha value is -0.830. The smallest absolute Gasteiger partial charge is 0.147 e. The lowest BCUT2D eigenvalue weighted by Gasteiger charge is -2.41. The molecule has 0 unspecified atom stereocenters. The van der Waals surface area contributed by atoms with Crippen molar-refractivity contribution in [2.45, 2.75) is 19.4 Å². The number of rotatable bonds is 2. The lowest BCUT2D eigenvalue weighted by Crippen LogP contribution is -2.54. The van der Waals surface area contributed by atoms with Gasteiger partial charge in [0.2, 0.25) is 0 Å². The summed E-state index contributed by atoms with van der Waals surface area (Å²) in [6.45, 7) is 7.25. The zero-order chi connectivity index (χ0) is 14.0. The van der Waals surface area contributed by atoms with E-state index in [1.54, 1.807) is 6.20 Å². The van der Waals surface area contributed by atoms with E-state index < -0.39 is 5.54 Å². The van der Waals surface area contributed by atoms with Gasteiger partial charge >= 0.3 is 0 Å². The number of pyridine rings is 1. The molecule has 0 amide bonds. The van der Waals surface area contributed by atoms with Gasteiger partial charge in [-0.25, -0.2) is 4.98 Å². The normalized spacial score (nSPS) is 17.3. The molecule has 0 N–H and O–H groups in total. The molecule has 2 rings (SSSR count). The van der Waals surface area contributed by atoms with E-state index in [4.69, 9.17) is 16.9 Å². The largest absolute Gasteiger partial charge is 0.353 e. The minimum absolute atomic E-state index is 0.414. The van der Waals surface area contributed by atoms with Crippen LogP contribution in [0.4, 0.5) is 5.82 Å². The minimum atomic E-state index is -0.414.